The van der Waals surface area contributed by atoms with Gasteiger partial charge in [0, 0.05) is 30.8 Å². The molecule has 1 amide bonds. The summed E-state index contributed by atoms with van der Waals surface area (Å²) in [5.41, 5.74) is 4.10. The topological polar surface area (TPSA) is 64.9 Å². The Balaban J connectivity index is 1.35. The highest BCUT2D eigenvalue weighted by Crippen LogP contribution is 2.37. The number of hydrogen-bond acceptors (Lipinski definition) is 4. The summed E-state index contributed by atoms with van der Waals surface area (Å²) in [6.45, 7) is 2.28. The third-order valence-electron chi connectivity index (χ3n) is 6.11. The summed E-state index contributed by atoms with van der Waals surface area (Å²) in [5.74, 6) is 1.29. The van der Waals surface area contributed by atoms with Crippen LogP contribution in [0.4, 0.5) is 0 Å². The summed E-state index contributed by atoms with van der Waals surface area (Å²) >= 11 is 0. The van der Waals surface area contributed by atoms with E-state index in [-0.39, 0.29) is 24.7 Å². The molecule has 168 valence electrons. The molecule has 2 aromatic carbocycles. The minimum Gasteiger partial charge on any atom is -0.454 e. The van der Waals surface area contributed by atoms with Crippen LogP contribution in [-0.2, 0) is 11.2 Å². The lowest BCUT2D eigenvalue weighted by atomic mass is 9.91. The predicted octanol–water partition coefficient (Wildman–Crippen LogP) is 4.72. The highest BCUT2D eigenvalue weighted by atomic mass is 16.7. The summed E-state index contributed by atoms with van der Waals surface area (Å²) in [4.78, 5) is 17.7. The second kappa shape index (κ2) is 9.36. The van der Waals surface area contributed by atoms with Crippen molar-refractivity contribution in [2.24, 2.45) is 0 Å². The van der Waals surface area contributed by atoms with E-state index < -0.39 is 0 Å². The van der Waals surface area contributed by atoms with Gasteiger partial charge in [0.1, 0.15) is 5.65 Å². The number of carbonyl (C=O) groups is 1. The maximum absolute atomic E-state index is 13.1. The van der Waals surface area contributed by atoms with Crippen LogP contribution in [-0.4, -0.2) is 28.1 Å². The van der Waals surface area contributed by atoms with Crippen molar-refractivity contribution in [3.05, 3.63) is 95.9 Å². The molecule has 6 heteroatoms. The average molecular weight is 442 g/mol. The first-order valence-corrected chi connectivity index (χ1v) is 11.3. The van der Waals surface area contributed by atoms with Gasteiger partial charge in [0.15, 0.2) is 11.5 Å². The van der Waals surface area contributed by atoms with E-state index in [0.717, 1.165) is 35.5 Å². The number of benzene rings is 2. The van der Waals surface area contributed by atoms with Gasteiger partial charge in [0.05, 0.1) is 5.69 Å². The number of imidazole rings is 1. The van der Waals surface area contributed by atoms with Gasteiger partial charge in [-0.3, -0.25) is 4.79 Å². The Hall–Kier alpha value is -3.80. The van der Waals surface area contributed by atoms with Crippen molar-refractivity contribution in [2.45, 2.75) is 38.1 Å². The lowest BCUT2D eigenvalue weighted by Gasteiger charge is -2.20. The Morgan fingerprint density at radius 3 is 2.76 bits per heavy atom. The van der Waals surface area contributed by atoms with Crippen molar-refractivity contribution in [1.82, 2.24) is 14.7 Å². The van der Waals surface area contributed by atoms with Crippen molar-refractivity contribution in [1.29, 1.82) is 0 Å². The van der Waals surface area contributed by atoms with Crippen molar-refractivity contribution in [3.8, 4) is 11.5 Å². The Labute approximate surface area is 193 Å². The zero-order chi connectivity index (χ0) is 22.6. The van der Waals surface area contributed by atoms with Gasteiger partial charge in [-0.25, -0.2) is 4.98 Å². The summed E-state index contributed by atoms with van der Waals surface area (Å²) in [7, 11) is 0. The van der Waals surface area contributed by atoms with Crippen LogP contribution in [0.15, 0.2) is 79.1 Å². The second-order valence-electron chi connectivity index (χ2n) is 8.47. The van der Waals surface area contributed by atoms with Crippen LogP contribution in [0.25, 0.3) is 5.65 Å². The van der Waals surface area contributed by atoms with E-state index in [2.05, 4.69) is 29.4 Å². The van der Waals surface area contributed by atoms with Crippen LogP contribution in [0, 0.1) is 0 Å². The van der Waals surface area contributed by atoms with Crippen molar-refractivity contribution < 1.29 is 14.3 Å². The Kier molecular flexibility index (Phi) is 5.98. The van der Waals surface area contributed by atoms with Crippen LogP contribution >= 0.6 is 0 Å². The number of ether oxygens (including phenoxy) is 2. The van der Waals surface area contributed by atoms with Crippen LogP contribution in [0.2, 0.25) is 0 Å². The Morgan fingerprint density at radius 2 is 1.88 bits per heavy atom. The zero-order valence-electron chi connectivity index (χ0n) is 18.6. The third-order valence-corrected chi connectivity index (χ3v) is 6.11. The van der Waals surface area contributed by atoms with Crippen molar-refractivity contribution in [2.75, 3.05) is 6.79 Å². The number of amides is 1. The van der Waals surface area contributed by atoms with E-state index in [1.165, 1.54) is 5.56 Å². The first-order valence-electron chi connectivity index (χ1n) is 11.3. The number of aryl methyl sites for hydroxylation is 1. The molecule has 33 heavy (non-hydrogen) atoms. The smallest absolute Gasteiger partial charge is 0.231 e. The number of carbonyl (C=O) groups excluding carboxylic acids is 1. The van der Waals surface area contributed by atoms with Gasteiger partial charge < -0.3 is 19.2 Å². The third kappa shape index (κ3) is 4.70. The molecule has 1 aliphatic rings. The minimum atomic E-state index is -0.168. The fourth-order valence-electron chi connectivity index (χ4n) is 4.35. The highest BCUT2D eigenvalue weighted by molar-refractivity contribution is 5.78. The maximum atomic E-state index is 13.1. The molecule has 0 fully saturated rings. The number of fused-ring (bicyclic) bond motifs is 2. The molecule has 2 atom stereocenters. The van der Waals surface area contributed by atoms with E-state index in [1.807, 2.05) is 71.4 Å². The number of rotatable bonds is 8. The number of aromatic nitrogens is 2. The highest BCUT2D eigenvalue weighted by Gasteiger charge is 2.25. The van der Waals surface area contributed by atoms with E-state index >= 15 is 0 Å². The molecule has 0 aliphatic carbocycles. The predicted molar refractivity (Wildman–Crippen MR) is 127 cm³/mol. The fourth-order valence-corrected chi connectivity index (χ4v) is 4.35. The molecule has 0 saturated heterocycles. The van der Waals surface area contributed by atoms with Crippen LogP contribution < -0.4 is 14.8 Å². The molecular formula is C27H27N3O3. The van der Waals surface area contributed by atoms with Gasteiger partial charge >= 0.3 is 0 Å². The van der Waals surface area contributed by atoms with Gasteiger partial charge in [-0.2, -0.15) is 0 Å². The average Bonchev–Trinajstić information content (AvgIpc) is 3.48. The first kappa shape index (κ1) is 21.1. The van der Waals surface area contributed by atoms with E-state index in [4.69, 9.17) is 9.47 Å². The van der Waals surface area contributed by atoms with Crippen LogP contribution in [0.3, 0.4) is 0 Å². The molecule has 0 spiro atoms. The minimum absolute atomic E-state index is 0.0177. The molecule has 0 bridgehead atoms. The lowest BCUT2D eigenvalue weighted by molar-refractivity contribution is -0.121. The normalized spacial score (nSPS) is 14.2. The molecular weight excluding hydrogens is 414 g/mol. The number of nitrogens with zero attached hydrogens (tertiary/aromatic N) is 2. The van der Waals surface area contributed by atoms with E-state index in [9.17, 15) is 4.79 Å². The van der Waals surface area contributed by atoms with Gasteiger partial charge in [0.2, 0.25) is 12.7 Å². The SMILES string of the molecule is CC(CCc1ccccc1)NC(=O)CC(c1ccc2c(c1)OCO2)c1cnc2ccccn12. The molecule has 0 radical (unpaired) electrons. The second-order valence-corrected chi connectivity index (χ2v) is 8.47. The molecule has 1 N–H and O–H groups in total. The fraction of sp³-hybridized carbons (Fsp3) is 0.259. The summed E-state index contributed by atoms with van der Waals surface area (Å²) in [6, 6.07) is 22.2. The van der Waals surface area contributed by atoms with Gasteiger partial charge in [-0.1, -0.05) is 42.5 Å². The molecule has 4 aromatic rings. The van der Waals surface area contributed by atoms with E-state index in [0.29, 0.717) is 12.2 Å². The maximum Gasteiger partial charge on any atom is 0.231 e. The largest absolute Gasteiger partial charge is 0.454 e. The van der Waals surface area contributed by atoms with Crippen molar-refractivity contribution in [3.63, 3.8) is 0 Å². The first-order chi connectivity index (χ1) is 16.2. The lowest BCUT2D eigenvalue weighted by Crippen LogP contribution is -2.34. The number of hydrogen-bond donors (Lipinski definition) is 1. The Bertz CT molecular complexity index is 1250. The molecule has 5 rings (SSSR count). The van der Waals surface area contributed by atoms with Gasteiger partial charge in [-0.15, -0.1) is 0 Å². The summed E-state index contributed by atoms with van der Waals surface area (Å²) in [6.07, 6.45) is 5.98. The molecule has 3 heterocycles. The number of nitrogens with one attached hydrogen (secondary N) is 1. The van der Waals surface area contributed by atoms with Crippen LogP contribution in [0.5, 0.6) is 11.5 Å². The summed E-state index contributed by atoms with van der Waals surface area (Å²) < 4.78 is 13.1. The van der Waals surface area contributed by atoms with Crippen molar-refractivity contribution >= 4 is 11.6 Å². The van der Waals surface area contributed by atoms with Crippen LogP contribution in [0.1, 0.15) is 42.5 Å². The molecule has 1 aliphatic heterocycles. The quantitative estimate of drug-likeness (QED) is 0.430. The monoisotopic (exact) mass is 441 g/mol. The van der Waals surface area contributed by atoms with E-state index in [1.54, 1.807) is 0 Å². The molecule has 6 nitrogen and oxygen atoms in total. The standard InChI is InChI=1S/C27H27N3O3/c1-19(10-11-20-7-3-2-4-8-20)29-27(31)16-22(21-12-13-24-25(15-21)33-18-32-24)23-17-28-26-9-5-6-14-30(23)26/h2-9,12-15,17,19,22H,10-11,16,18H2,1H3,(H,29,31). The molecule has 2 unspecified atom stereocenters. The number of pyridine rings is 1. The Morgan fingerprint density at radius 1 is 1.06 bits per heavy atom. The zero-order valence-corrected chi connectivity index (χ0v) is 18.6. The summed E-state index contributed by atoms with van der Waals surface area (Å²) in [5, 5.41) is 3.19. The van der Waals surface area contributed by atoms with Gasteiger partial charge in [-0.05, 0) is 55.2 Å². The molecule has 2 aromatic heterocycles. The molecule has 0 saturated carbocycles. The van der Waals surface area contributed by atoms with Gasteiger partial charge in [0.25, 0.3) is 0 Å².